The van der Waals surface area contributed by atoms with Crippen molar-refractivity contribution in [1.82, 2.24) is 5.32 Å². The topological polar surface area (TPSA) is 68.9 Å². The maximum absolute atomic E-state index is 5.72. The Balaban J connectivity index is 0.00000361. The zero-order chi connectivity index (χ0) is 14.1. The molecule has 1 aromatic carbocycles. The summed E-state index contributed by atoms with van der Waals surface area (Å²) in [5.41, 5.74) is 5.66. The number of hydrogen-bond acceptors (Lipinski definition) is 3. The fourth-order valence-electron chi connectivity index (χ4n) is 1.40. The Labute approximate surface area is 137 Å². The van der Waals surface area contributed by atoms with Gasteiger partial charge < -0.3 is 20.5 Å². The van der Waals surface area contributed by atoms with Gasteiger partial charge in [-0.25, -0.2) is 4.99 Å². The predicted octanol–water partition coefficient (Wildman–Crippen LogP) is 2.17. The molecule has 3 N–H and O–H groups in total. The summed E-state index contributed by atoms with van der Waals surface area (Å²) in [4.78, 5) is 4.18. The van der Waals surface area contributed by atoms with Gasteiger partial charge in [-0.1, -0.05) is 12.1 Å². The number of ether oxygens (including phenoxy) is 2. The normalized spacial score (nSPS) is 12.0. The van der Waals surface area contributed by atoms with Crippen LogP contribution in [-0.4, -0.2) is 32.3 Å². The van der Waals surface area contributed by atoms with E-state index in [0.717, 1.165) is 11.5 Å². The number of nitrogens with two attached hydrogens (primary N) is 1. The van der Waals surface area contributed by atoms with Gasteiger partial charge in [0.1, 0.15) is 17.6 Å². The van der Waals surface area contributed by atoms with Crippen LogP contribution in [0.25, 0.3) is 0 Å². The molecule has 0 aromatic heterocycles. The van der Waals surface area contributed by atoms with Gasteiger partial charge in [0.2, 0.25) is 0 Å². The molecule has 0 amide bonds. The average molecular weight is 391 g/mol. The van der Waals surface area contributed by atoms with Gasteiger partial charge in [-0.2, -0.15) is 0 Å². The number of benzene rings is 1. The number of hydrogen-bond donors (Lipinski definition) is 2. The Morgan fingerprint density at radius 2 is 2.20 bits per heavy atom. The number of halogens is 1. The van der Waals surface area contributed by atoms with Crippen LogP contribution in [0.2, 0.25) is 0 Å². The van der Waals surface area contributed by atoms with Crippen LogP contribution >= 0.6 is 24.0 Å². The highest BCUT2D eigenvalue weighted by Gasteiger charge is 2.04. The lowest BCUT2D eigenvalue weighted by molar-refractivity contribution is 0.229. The quantitative estimate of drug-likeness (QED) is 0.324. The fraction of sp³-hybridized carbons (Fsp3) is 0.357. The lowest BCUT2D eigenvalue weighted by atomic mass is 10.3. The van der Waals surface area contributed by atoms with Gasteiger partial charge in [-0.15, -0.1) is 30.6 Å². The zero-order valence-electron chi connectivity index (χ0n) is 11.8. The molecule has 1 aromatic rings. The van der Waals surface area contributed by atoms with Crippen LogP contribution in [0.1, 0.15) is 6.92 Å². The van der Waals surface area contributed by atoms with E-state index in [1.165, 1.54) is 0 Å². The minimum atomic E-state index is -0.0730. The van der Waals surface area contributed by atoms with E-state index in [4.69, 9.17) is 15.2 Å². The lowest BCUT2D eigenvalue weighted by Gasteiger charge is -2.13. The monoisotopic (exact) mass is 391 g/mol. The maximum atomic E-state index is 5.72. The fourth-order valence-corrected chi connectivity index (χ4v) is 1.40. The first-order valence-electron chi connectivity index (χ1n) is 6.11. The second kappa shape index (κ2) is 10.4. The standard InChI is InChI=1S/C14H21N3O2.HI/c1-4-8-16-14(15)17-10-11(2)19-13-7-5-6-12(9-13)18-3;/h4-7,9,11H,1,8,10H2,2-3H3,(H3,15,16,17);1H. The molecule has 0 radical (unpaired) electrons. The van der Waals surface area contributed by atoms with Gasteiger partial charge in [0.25, 0.3) is 0 Å². The minimum absolute atomic E-state index is 0. The van der Waals surface area contributed by atoms with Crippen molar-refractivity contribution >= 4 is 29.9 Å². The van der Waals surface area contributed by atoms with Crippen molar-refractivity contribution in [2.75, 3.05) is 20.2 Å². The SMILES string of the molecule is C=CCNC(N)=NCC(C)Oc1cccc(OC)c1.I. The number of guanidine groups is 1. The van der Waals surface area contributed by atoms with Crippen molar-refractivity contribution in [1.29, 1.82) is 0 Å². The van der Waals surface area contributed by atoms with Gasteiger partial charge in [0, 0.05) is 12.6 Å². The van der Waals surface area contributed by atoms with E-state index in [2.05, 4.69) is 16.9 Å². The molecular weight excluding hydrogens is 369 g/mol. The second-order valence-corrected chi connectivity index (χ2v) is 4.00. The van der Waals surface area contributed by atoms with Gasteiger partial charge in [0.05, 0.1) is 13.7 Å². The van der Waals surface area contributed by atoms with E-state index in [1.54, 1.807) is 13.2 Å². The van der Waals surface area contributed by atoms with Gasteiger partial charge in [0.15, 0.2) is 5.96 Å². The third kappa shape index (κ3) is 7.22. The predicted molar refractivity (Wildman–Crippen MR) is 93.2 cm³/mol. The highest BCUT2D eigenvalue weighted by Crippen LogP contribution is 2.19. The number of nitrogens with one attached hydrogen (secondary N) is 1. The Morgan fingerprint density at radius 3 is 2.85 bits per heavy atom. The summed E-state index contributed by atoms with van der Waals surface area (Å²) in [6.45, 7) is 6.60. The summed E-state index contributed by atoms with van der Waals surface area (Å²) in [5.74, 6) is 1.90. The van der Waals surface area contributed by atoms with Crippen molar-refractivity contribution < 1.29 is 9.47 Å². The molecule has 0 fully saturated rings. The molecule has 6 heteroatoms. The van der Waals surface area contributed by atoms with E-state index in [1.807, 2.05) is 31.2 Å². The van der Waals surface area contributed by atoms with Gasteiger partial charge >= 0.3 is 0 Å². The van der Waals surface area contributed by atoms with Crippen LogP contribution in [0.15, 0.2) is 41.9 Å². The van der Waals surface area contributed by atoms with Crippen molar-refractivity contribution in [3.8, 4) is 11.5 Å². The molecule has 112 valence electrons. The van der Waals surface area contributed by atoms with Crippen molar-refractivity contribution in [3.05, 3.63) is 36.9 Å². The van der Waals surface area contributed by atoms with Crippen LogP contribution in [0.3, 0.4) is 0 Å². The molecule has 0 saturated heterocycles. The zero-order valence-corrected chi connectivity index (χ0v) is 14.2. The maximum Gasteiger partial charge on any atom is 0.188 e. The average Bonchev–Trinajstić information content (AvgIpc) is 2.43. The molecule has 5 nitrogen and oxygen atoms in total. The van der Waals surface area contributed by atoms with Crippen LogP contribution < -0.4 is 20.5 Å². The second-order valence-electron chi connectivity index (χ2n) is 4.00. The molecule has 0 saturated carbocycles. The van der Waals surface area contributed by atoms with E-state index < -0.39 is 0 Å². The van der Waals surface area contributed by atoms with Gasteiger partial charge in [-0.3, -0.25) is 0 Å². The van der Waals surface area contributed by atoms with E-state index in [0.29, 0.717) is 19.0 Å². The first-order valence-corrected chi connectivity index (χ1v) is 6.11. The molecule has 0 spiro atoms. The summed E-state index contributed by atoms with van der Waals surface area (Å²) >= 11 is 0. The largest absolute Gasteiger partial charge is 0.497 e. The van der Waals surface area contributed by atoms with Crippen molar-refractivity contribution in [2.45, 2.75) is 13.0 Å². The molecule has 1 unspecified atom stereocenters. The molecule has 1 rings (SSSR count). The third-order valence-corrected chi connectivity index (χ3v) is 2.32. The first-order chi connectivity index (χ1) is 9.15. The Kier molecular flexibility index (Phi) is 9.61. The smallest absolute Gasteiger partial charge is 0.188 e. The van der Waals surface area contributed by atoms with Crippen LogP contribution in [0.5, 0.6) is 11.5 Å². The number of methoxy groups -OCH3 is 1. The van der Waals surface area contributed by atoms with E-state index in [9.17, 15) is 0 Å². The highest BCUT2D eigenvalue weighted by molar-refractivity contribution is 14.0. The summed E-state index contributed by atoms with van der Waals surface area (Å²) in [6.07, 6.45) is 1.65. The lowest BCUT2D eigenvalue weighted by Crippen LogP contribution is -2.32. The summed E-state index contributed by atoms with van der Waals surface area (Å²) < 4.78 is 10.9. The van der Waals surface area contributed by atoms with Crippen LogP contribution in [0.4, 0.5) is 0 Å². The molecule has 20 heavy (non-hydrogen) atoms. The number of rotatable bonds is 7. The molecule has 0 heterocycles. The van der Waals surface area contributed by atoms with E-state index >= 15 is 0 Å². The molecule has 0 bridgehead atoms. The highest BCUT2D eigenvalue weighted by atomic mass is 127. The van der Waals surface area contributed by atoms with Gasteiger partial charge in [-0.05, 0) is 19.1 Å². The Morgan fingerprint density at radius 1 is 1.50 bits per heavy atom. The van der Waals surface area contributed by atoms with Crippen LogP contribution in [0, 0.1) is 0 Å². The van der Waals surface area contributed by atoms with Crippen molar-refractivity contribution in [3.63, 3.8) is 0 Å². The Hall–Kier alpha value is -1.44. The summed E-state index contributed by atoms with van der Waals surface area (Å²) in [7, 11) is 1.62. The molecule has 0 aliphatic heterocycles. The summed E-state index contributed by atoms with van der Waals surface area (Å²) in [5, 5.41) is 2.90. The first kappa shape index (κ1) is 18.6. The van der Waals surface area contributed by atoms with E-state index in [-0.39, 0.29) is 30.1 Å². The molecule has 1 atom stereocenters. The summed E-state index contributed by atoms with van der Waals surface area (Å²) in [6, 6.07) is 7.46. The Bertz CT molecular complexity index is 438. The molecule has 0 aliphatic rings. The van der Waals surface area contributed by atoms with Crippen LogP contribution in [-0.2, 0) is 0 Å². The number of aliphatic imine (C=N–C) groups is 1. The molecule has 0 aliphatic carbocycles. The molecular formula is C14H22IN3O2. The van der Waals surface area contributed by atoms with Crippen molar-refractivity contribution in [2.24, 2.45) is 10.7 Å². The third-order valence-electron chi connectivity index (χ3n) is 2.32. The minimum Gasteiger partial charge on any atom is -0.497 e. The number of nitrogens with zero attached hydrogens (tertiary/aromatic N) is 1.